The molecule has 0 bridgehead atoms. The van der Waals surface area contributed by atoms with Crippen molar-refractivity contribution in [3.8, 4) is 5.75 Å². The highest BCUT2D eigenvalue weighted by Crippen LogP contribution is 2.15. The van der Waals surface area contributed by atoms with Gasteiger partial charge in [0, 0.05) is 6.54 Å². The molecule has 1 amide bonds. The summed E-state index contributed by atoms with van der Waals surface area (Å²) in [4.78, 5) is 22.5. The van der Waals surface area contributed by atoms with Gasteiger partial charge in [0.25, 0.3) is 5.91 Å². The molecule has 1 atom stereocenters. The van der Waals surface area contributed by atoms with Crippen molar-refractivity contribution in [3.63, 3.8) is 0 Å². The SMILES string of the molecule is CCCCCNC(=O)C(C)Oc1cccc(CC(=O)O)c1. The molecule has 1 unspecified atom stereocenters. The van der Waals surface area contributed by atoms with E-state index in [-0.39, 0.29) is 12.3 Å². The first kappa shape index (κ1) is 17.0. The summed E-state index contributed by atoms with van der Waals surface area (Å²) in [6.07, 6.45) is 2.50. The van der Waals surface area contributed by atoms with Crippen molar-refractivity contribution >= 4 is 11.9 Å². The average molecular weight is 293 g/mol. The first-order valence-electron chi connectivity index (χ1n) is 7.28. The molecule has 1 rings (SSSR count). The maximum absolute atomic E-state index is 11.8. The largest absolute Gasteiger partial charge is 0.481 e. The average Bonchev–Trinajstić information content (AvgIpc) is 2.43. The minimum Gasteiger partial charge on any atom is -0.481 e. The fourth-order valence-electron chi connectivity index (χ4n) is 1.89. The molecule has 0 fully saturated rings. The van der Waals surface area contributed by atoms with Crippen LogP contribution < -0.4 is 10.1 Å². The molecule has 21 heavy (non-hydrogen) atoms. The Hall–Kier alpha value is -2.04. The van der Waals surface area contributed by atoms with E-state index in [2.05, 4.69) is 12.2 Å². The second-order valence-corrected chi connectivity index (χ2v) is 4.98. The molecule has 0 radical (unpaired) electrons. The molecule has 1 aromatic carbocycles. The zero-order chi connectivity index (χ0) is 15.7. The highest BCUT2D eigenvalue weighted by molar-refractivity contribution is 5.80. The number of ether oxygens (including phenoxy) is 1. The number of hydrogen-bond donors (Lipinski definition) is 2. The summed E-state index contributed by atoms with van der Waals surface area (Å²) in [6.45, 7) is 4.44. The van der Waals surface area contributed by atoms with Gasteiger partial charge in [-0.05, 0) is 31.0 Å². The molecule has 5 nitrogen and oxygen atoms in total. The first-order valence-corrected chi connectivity index (χ1v) is 7.28. The van der Waals surface area contributed by atoms with Crippen LogP contribution in [-0.4, -0.2) is 29.6 Å². The van der Waals surface area contributed by atoms with E-state index in [1.54, 1.807) is 31.2 Å². The van der Waals surface area contributed by atoms with E-state index >= 15 is 0 Å². The zero-order valence-electron chi connectivity index (χ0n) is 12.6. The molecule has 0 aromatic heterocycles. The molecule has 0 aliphatic rings. The third-order valence-electron chi connectivity index (χ3n) is 3.02. The Kier molecular flexibility index (Phi) is 7.29. The van der Waals surface area contributed by atoms with E-state index in [1.807, 2.05) is 0 Å². The highest BCUT2D eigenvalue weighted by atomic mass is 16.5. The number of nitrogens with one attached hydrogen (secondary N) is 1. The predicted molar refractivity (Wildman–Crippen MR) is 80.4 cm³/mol. The molecule has 0 saturated heterocycles. The number of aliphatic carboxylic acids is 1. The first-order chi connectivity index (χ1) is 10.0. The molecule has 116 valence electrons. The lowest BCUT2D eigenvalue weighted by Gasteiger charge is -2.15. The van der Waals surface area contributed by atoms with Crippen molar-refractivity contribution in [2.75, 3.05) is 6.54 Å². The quantitative estimate of drug-likeness (QED) is 0.685. The monoisotopic (exact) mass is 293 g/mol. The number of amides is 1. The van der Waals surface area contributed by atoms with E-state index in [9.17, 15) is 9.59 Å². The van der Waals surface area contributed by atoms with Crippen LogP contribution in [0.3, 0.4) is 0 Å². The number of benzene rings is 1. The Labute approximate surface area is 125 Å². The van der Waals surface area contributed by atoms with Crippen LogP contribution in [0.25, 0.3) is 0 Å². The van der Waals surface area contributed by atoms with Crippen molar-refractivity contribution < 1.29 is 19.4 Å². The van der Waals surface area contributed by atoms with Gasteiger partial charge in [-0.1, -0.05) is 31.9 Å². The normalized spacial score (nSPS) is 11.7. The van der Waals surface area contributed by atoms with Crippen molar-refractivity contribution in [2.45, 2.75) is 45.6 Å². The fraction of sp³-hybridized carbons (Fsp3) is 0.500. The lowest BCUT2D eigenvalue weighted by molar-refractivity contribution is -0.136. The molecule has 2 N–H and O–H groups in total. The number of carboxylic acid groups (broad SMARTS) is 1. The molecule has 0 aliphatic carbocycles. The number of carbonyl (C=O) groups excluding carboxylic acids is 1. The van der Waals surface area contributed by atoms with Gasteiger partial charge in [-0.15, -0.1) is 0 Å². The van der Waals surface area contributed by atoms with E-state index in [1.165, 1.54) is 0 Å². The lowest BCUT2D eigenvalue weighted by atomic mass is 10.1. The zero-order valence-corrected chi connectivity index (χ0v) is 12.6. The van der Waals surface area contributed by atoms with Crippen molar-refractivity contribution in [1.29, 1.82) is 0 Å². The molecule has 0 aliphatic heterocycles. The summed E-state index contributed by atoms with van der Waals surface area (Å²) in [6, 6.07) is 6.80. The Bertz CT molecular complexity index is 473. The third-order valence-corrected chi connectivity index (χ3v) is 3.02. The molecule has 5 heteroatoms. The summed E-state index contributed by atoms with van der Waals surface area (Å²) in [5, 5.41) is 11.6. The number of rotatable bonds is 9. The van der Waals surface area contributed by atoms with Crippen LogP contribution in [0.5, 0.6) is 5.75 Å². The maximum Gasteiger partial charge on any atom is 0.307 e. The number of unbranched alkanes of at least 4 members (excludes halogenated alkanes) is 2. The second-order valence-electron chi connectivity index (χ2n) is 4.98. The summed E-state index contributed by atoms with van der Waals surface area (Å²) >= 11 is 0. The minimum absolute atomic E-state index is 0.0607. The van der Waals surface area contributed by atoms with Crippen LogP contribution in [0.1, 0.15) is 38.7 Å². The van der Waals surface area contributed by atoms with E-state index in [0.29, 0.717) is 17.9 Å². The Balaban J connectivity index is 2.48. The number of hydrogen-bond acceptors (Lipinski definition) is 3. The molecular weight excluding hydrogens is 270 g/mol. The summed E-state index contributed by atoms with van der Waals surface area (Å²) < 4.78 is 5.55. The van der Waals surface area contributed by atoms with Gasteiger partial charge in [-0.2, -0.15) is 0 Å². The second kappa shape index (κ2) is 9.00. The minimum atomic E-state index is -0.895. The van der Waals surface area contributed by atoms with Gasteiger partial charge in [0.05, 0.1) is 6.42 Å². The Morgan fingerprint density at radius 2 is 2.10 bits per heavy atom. The topological polar surface area (TPSA) is 75.6 Å². The molecule has 0 heterocycles. The summed E-state index contributed by atoms with van der Waals surface area (Å²) in [5.74, 6) is -0.548. The van der Waals surface area contributed by atoms with Crippen LogP contribution in [0.4, 0.5) is 0 Å². The number of carbonyl (C=O) groups is 2. The molecule has 1 aromatic rings. The van der Waals surface area contributed by atoms with Gasteiger partial charge in [0.1, 0.15) is 5.75 Å². The van der Waals surface area contributed by atoms with Gasteiger partial charge < -0.3 is 15.2 Å². The van der Waals surface area contributed by atoms with Gasteiger partial charge in [-0.25, -0.2) is 0 Å². The van der Waals surface area contributed by atoms with Crippen molar-refractivity contribution in [3.05, 3.63) is 29.8 Å². The van der Waals surface area contributed by atoms with Gasteiger partial charge in [0.15, 0.2) is 6.10 Å². The highest BCUT2D eigenvalue weighted by Gasteiger charge is 2.14. The van der Waals surface area contributed by atoms with Crippen molar-refractivity contribution in [2.24, 2.45) is 0 Å². The Morgan fingerprint density at radius 3 is 2.76 bits per heavy atom. The Morgan fingerprint density at radius 1 is 1.33 bits per heavy atom. The molecule has 0 saturated carbocycles. The van der Waals surface area contributed by atoms with E-state index in [4.69, 9.17) is 9.84 Å². The smallest absolute Gasteiger partial charge is 0.307 e. The van der Waals surface area contributed by atoms with E-state index < -0.39 is 12.1 Å². The summed E-state index contributed by atoms with van der Waals surface area (Å²) in [5.41, 5.74) is 0.649. The van der Waals surface area contributed by atoms with Crippen molar-refractivity contribution in [1.82, 2.24) is 5.32 Å². The van der Waals surface area contributed by atoms with Crippen LogP contribution in [0, 0.1) is 0 Å². The van der Waals surface area contributed by atoms with Crippen LogP contribution in [0.2, 0.25) is 0 Å². The van der Waals surface area contributed by atoms with Crippen LogP contribution in [0.15, 0.2) is 24.3 Å². The predicted octanol–water partition coefficient (Wildman–Crippen LogP) is 2.39. The lowest BCUT2D eigenvalue weighted by Crippen LogP contribution is -2.36. The number of carboxylic acids is 1. The van der Waals surface area contributed by atoms with E-state index in [0.717, 1.165) is 19.3 Å². The van der Waals surface area contributed by atoms with Gasteiger partial charge in [0.2, 0.25) is 0 Å². The fourth-order valence-corrected chi connectivity index (χ4v) is 1.89. The molecule has 0 spiro atoms. The third kappa shape index (κ3) is 6.79. The van der Waals surface area contributed by atoms with Gasteiger partial charge in [-0.3, -0.25) is 9.59 Å². The molecular formula is C16H23NO4. The maximum atomic E-state index is 11.8. The van der Waals surface area contributed by atoms with Gasteiger partial charge >= 0.3 is 5.97 Å². The summed E-state index contributed by atoms with van der Waals surface area (Å²) in [7, 11) is 0. The van der Waals surface area contributed by atoms with Crippen LogP contribution >= 0.6 is 0 Å². The van der Waals surface area contributed by atoms with Crippen LogP contribution in [-0.2, 0) is 16.0 Å². The standard InChI is InChI=1S/C16H23NO4/c1-3-4-5-9-17-16(20)12(2)21-14-8-6-7-13(10-14)11-15(18)19/h6-8,10,12H,3-5,9,11H2,1-2H3,(H,17,20)(H,18,19).